The summed E-state index contributed by atoms with van der Waals surface area (Å²) in [6, 6.07) is 9.79. The summed E-state index contributed by atoms with van der Waals surface area (Å²) in [7, 11) is 0. The van der Waals surface area contributed by atoms with Gasteiger partial charge in [0.25, 0.3) is 0 Å². The summed E-state index contributed by atoms with van der Waals surface area (Å²) in [4.78, 5) is 11.1. The largest absolute Gasteiger partial charge is 0.371 e. The van der Waals surface area contributed by atoms with Gasteiger partial charge in [-0.15, -0.1) is 11.3 Å². The molecule has 0 aliphatic carbocycles. The summed E-state index contributed by atoms with van der Waals surface area (Å²) >= 11 is 1.70. The second-order valence-electron chi connectivity index (χ2n) is 7.25. The molecule has 1 aliphatic rings. The molecule has 3 heterocycles. The third-order valence-electron chi connectivity index (χ3n) is 5.09. The zero-order valence-electron chi connectivity index (χ0n) is 15.9. The van der Waals surface area contributed by atoms with Crippen LogP contribution in [0.4, 0.5) is 5.69 Å². The highest BCUT2D eigenvalue weighted by atomic mass is 32.1. The van der Waals surface area contributed by atoms with Gasteiger partial charge in [0.15, 0.2) is 0 Å². The summed E-state index contributed by atoms with van der Waals surface area (Å²) in [6.07, 6.45) is 5.69. The molecule has 0 spiro atoms. The molecule has 6 nitrogen and oxygen atoms in total. The van der Waals surface area contributed by atoms with E-state index in [9.17, 15) is 0 Å². The summed E-state index contributed by atoms with van der Waals surface area (Å²) in [6.45, 7) is 7.30. The number of nitrogens with zero attached hydrogens (tertiary/aromatic N) is 5. The standard InChI is InChI=1S/C20H26N6S/c1-15(11-26-14-21-13-22-26)23-18-7-9-25(10-8-18)19-5-3-17(4-6-19)20-12-27-16(2)24-20/h3-6,12-15,18,23H,7-11H2,1-2H3. The lowest BCUT2D eigenvalue weighted by Gasteiger charge is -2.35. The lowest BCUT2D eigenvalue weighted by Crippen LogP contribution is -2.46. The number of hydrogen-bond donors (Lipinski definition) is 1. The van der Waals surface area contributed by atoms with Crippen molar-refractivity contribution >= 4 is 17.0 Å². The van der Waals surface area contributed by atoms with Gasteiger partial charge in [-0.2, -0.15) is 5.10 Å². The predicted octanol–water partition coefficient (Wildman–Crippen LogP) is 3.36. The summed E-state index contributed by atoms with van der Waals surface area (Å²) in [5, 5.41) is 11.2. The molecule has 4 rings (SSSR count). The first-order chi connectivity index (χ1) is 13.2. The smallest absolute Gasteiger partial charge is 0.137 e. The van der Waals surface area contributed by atoms with E-state index < -0.39 is 0 Å². The molecule has 1 fully saturated rings. The molecule has 0 radical (unpaired) electrons. The number of aryl methyl sites for hydroxylation is 1. The molecule has 7 heteroatoms. The van der Waals surface area contributed by atoms with Crippen LogP contribution in [-0.2, 0) is 6.54 Å². The van der Waals surface area contributed by atoms with Gasteiger partial charge in [0.1, 0.15) is 12.7 Å². The molecular weight excluding hydrogens is 356 g/mol. The molecule has 1 unspecified atom stereocenters. The number of piperidine rings is 1. The maximum atomic E-state index is 4.57. The highest BCUT2D eigenvalue weighted by Gasteiger charge is 2.21. The summed E-state index contributed by atoms with van der Waals surface area (Å²) in [5.41, 5.74) is 3.58. The minimum absolute atomic E-state index is 0.393. The lowest BCUT2D eigenvalue weighted by atomic mass is 10.0. The maximum absolute atomic E-state index is 4.57. The van der Waals surface area contributed by atoms with E-state index in [2.05, 4.69) is 61.9 Å². The zero-order valence-corrected chi connectivity index (χ0v) is 16.7. The molecule has 0 bridgehead atoms. The van der Waals surface area contributed by atoms with Crippen molar-refractivity contribution in [3.63, 3.8) is 0 Å². The first kappa shape index (κ1) is 18.1. The van der Waals surface area contributed by atoms with Gasteiger partial charge in [0.05, 0.1) is 17.2 Å². The second-order valence-corrected chi connectivity index (χ2v) is 8.31. The van der Waals surface area contributed by atoms with Crippen LogP contribution in [0, 0.1) is 6.92 Å². The van der Waals surface area contributed by atoms with Gasteiger partial charge in [-0.25, -0.2) is 9.97 Å². The van der Waals surface area contributed by atoms with Crippen molar-refractivity contribution < 1.29 is 0 Å². The van der Waals surface area contributed by atoms with Gasteiger partial charge in [0.2, 0.25) is 0 Å². The zero-order chi connectivity index (χ0) is 18.6. The fourth-order valence-corrected chi connectivity index (χ4v) is 4.33. The van der Waals surface area contributed by atoms with Crippen LogP contribution in [0.15, 0.2) is 42.3 Å². The molecule has 142 valence electrons. The van der Waals surface area contributed by atoms with E-state index in [-0.39, 0.29) is 0 Å². The molecule has 27 heavy (non-hydrogen) atoms. The fraction of sp³-hybridized carbons (Fsp3) is 0.450. The van der Waals surface area contributed by atoms with E-state index in [1.165, 1.54) is 11.3 Å². The number of rotatable bonds is 6. The van der Waals surface area contributed by atoms with Crippen molar-refractivity contribution in [2.45, 2.75) is 45.3 Å². The van der Waals surface area contributed by atoms with Gasteiger partial charge in [0, 0.05) is 41.8 Å². The van der Waals surface area contributed by atoms with Crippen LogP contribution >= 0.6 is 11.3 Å². The van der Waals surface area contributed by atoms with Gasteiger partial charge >= 0.3 is 0 Å². The highest BCUT2D eigenvalue weighted by molar-refractivity contribution is 7.09. The molecule has 3 aromatic rings. The Kier molecular flexibility index (Phi) is 5.50. The normalized spacial score (nSPS) is 16.6. The average molecular weight is 383 g/mol. The van der Waals surface area contributed by atoms with Crippen molar-refractivity contribution in [3.8, 4) is 11.3 Å². The predicted molar refractivity (Wildman–Crippen MR) is 110 cm³/mol. The number of anilines is 1. The van der Waals surface area contributed by atoms with E-state index in [4.69, 9.17) is 0 Å². The number of nitrogens with one attached hydrogen (secondary N) is 1. The Hall–Kier alpha value is -2.25. The second kappa shape index (κ2) is 8.19. The third-order valence-corrected chi connectivity index (χ3v) is 5.86. The van der Waals surface area contributed by atoms with Crippen LogP contribution in [0.2, 0.25) is 0 Å². The Labute approximate surface area is 164 Å². The topological polar surface area (TPSA) is 58.9 Å². The Morgan fingerprint density at radius 1 is 1.22 bits per heavy atom. The third kappa shape index (κ3) is 4.54. The molecule has 1 aromatic carbocycles. The Morgan fingerprint density at radius 2 is 2.00 bits per heavy atom. The highest BCUT2D eigenvalue weighted by Crippen LogP contribution is 2.26. The lowest BCUT2D eigenvalue weighted by molar-refractivity contribution is 0.348. The van der Waals surface area contributed by atoms with Crippen LogP contribution in [0.5, 0.6) is 0 Å². The minimum atomic E-state index is 0.393. The summed E-state index contributed by atoms with van der Waals surface area (Å²) < 4.78 is 1.89. The Bertz CT molecular complexity index is 834. The Balaban J connectivity index is 1.28. The SMILES string of the molecule is Cc1nc(-c2ccc(N3CCC(NC(C)Cn4cncn4)CC3)cc2)cs1. The fourth-order valence-electron chi connectivity index (χ4n) is 3.71. The number of hydrogen-bond acceptors (Lipinski definition) is 6. The van der Waals surface area contributed by atoms with Crippen molar-refractivity contribution in [3.05, 3.63) is 47.3 Å². The number of thiazole rings is 1. The van der Waals surface area contributed by atoms with Gasteiger partial charge in [-0.05, 0) is 38.8 Å². The first-order valence-electron chi connectivity index (χ1n) is 9.53. The molecular formula is C20H26N6S. The van der Waals surface area contributed by atoms with Crippen LogP contribution in [0.1, 0.15) is 24.8 Å². The average Bonchev–Trinajstić information content (AvgIpc) is 3.34. The molecule has 0 amide bonds. The van der Waals surface area contributed by atoms with Crippen LogP contribution in [0.25, 0.3) is 11.3 Å². The van der Waals surface area contributed by atoms with Crippen LogP contribution < -0.4 is 10.2 Å². The van der Waals surface area contributed by atoms with Gasteiger partial charge < -0.3 is 10.2 Å². The molecule has 2 aromatic heterocycles. The number of aromatic nitrogens is 4. The van der Waals surface area contributed by atoms with Crippen molar-refractivity contribution in [2.75, 3.05) is 18.0 Å². The van der Waals surface area contributed by atoms with Crippen molar-refractivity contribution in [2.24, 2.45) is 0 Å². The Morgan fingerprint density at radius 3 is 2.63 bits per heavy atom. The van der Waals surface area contributed by atoms with E-state index in [1.807, 2.05) is 11.6 Å². The van der Waals surface area contributed by atoms with Crippen LogP contribution in [-0.4, -0.2) is 44.9 Å². The van der Waals surface area contributed by atoms with E-state index >= 15 is 0 Å². The van der Waals surface area contributed by atoms with Crippen LogP contribution in [0.3, 0.4) is 0 Å². The van der Waals surface area contributed by atoms with Crippen molar-refractivity contribution in [1.82, 2.24) is 25.1 Å². The first-order valence-corrected chi connectivity index (χ1v) is 10.4. The van der Waals surface area contributed by atoms with Gasteiger partial charge in [-0.3, -0.25) is 4.68 Å². The number of benzene rings is 1. The molecule has 1 saturated heterocycles. The van der Waals surface area contributed by atoms with Gasteiger partial charge in [-0.1, -0.05) is 12.1 Å². The quantitative estimate of drug-likeness (QED) is 0.708. The molecule has 1 atom stereocenters. The molecule has 1 aliphatic heterocycles. The van der Waals surface area contributed by atoms with E-state index in [0.717, 1.165) is 43.2 Å². The molecule has 1 N–H and O–H groups in total. The minimum Gasteiger partial charge on any atom is -0.371 e. The van der Waals surface area contributed by atoms with E-state index in [1.54, 1.807) is 24.0 Å². The van der Waals surface area contributed by atoms with Crippen molar-refractivity contribution in [1.29, 1.82) is 0 Å². The van der Waals surface area contributed by atoms with E-state index in [0.29, 0.717) is 12.1 Å². The molecule has 0 saturated carbocycles. The maximum Gasteiger partial charge on any atom is 0.137 e. The monoisotopic (exact) mass is 382 g/mol. The summed E-state index contributed by atoms with van der Waals surface area (Å²) in [5.74, 6) is 0.